The Bertz CT molecular complexity index is 984. The zero-order chi connectivity index (χ0) is 19.1. The van der Waals surface area contributed by atoms with Crippen LogP contribution in [0, 0.1) is 12.8 Å². The number of hydrogen-bond acceptors (Lipinski definition) is 4. The van der Waals surface area contributed by atoms with Crippen molar-refractivity contribution >= 4 is 27.5 Å². The Morgan fingerprint density at radius 1 is 1.37 bits per heavy atom. The van der Waals surface area contributed by atoms with E-state index < -0.39 is 0 Å². The van der Waals surface area contributed by atoms with Crippen LogP contribution in [-0.2, 0) is 12.8 Å². The van der Waals surface area contributed by atoms with Gasteiger partial charge in [-0.25, -0.2) is 4.98 Å². The molecule has 5 heteroatoms. The summed E-state index contributed by atoms with van der Waals surface area (Å²) in [5, 5.41) is 1.14. The second-order valence-electron chi connectivity index (χ2n) is 7.43. The Morgan fingerprint density at radius 3 is 2.81 bits per heavy atom. The molecule has 0 aromatic carbocycles. The van der Waals surface area contributed by atoms with Crippen LogP contribution in [0.4, 0.5) is 0 Å². The van der Waals surface area contributed by atoms with Crippen LogP contribution in [-0.4, -0.2) is 28.9 Å². The van der Waals surface area contributed by atoms with Crippen LogP contribution in [0.5, 0.6) is 0 Å². The number of fused-ring (bicyclic) bond motifs is 3. The van der Waals surface area contributed by atoms with Crippen molar-refractivity contribution in [2.45, 2.75) is 47.0 Å². The van der Waals surface area contributed by atoms with Gasteiger partial charge in [0.15, 0.2) is 0 Å². The van der Waals surface area contributed by atoms with Crippen LogP contribution >= 0.6 is 11.3 Å². The number of hydrogen-bond donors (Lipinski definition) is 0. The van der Waals surface area contributed by atoms with Gasteiger partial charge in [-0.05, 0) is 63.6 Å². The molecule has 1 amide bonds. The number of nitrogens with zero attached hydrogens (tertiary/aromatic N) is 2. The third-order valence-electron chi connectivity index (χ3n) is 5.66. The number of pyridine rings is 1. The van der Waals surface area contributed by atoms with Crippen LogP contribution in [0.15, 0.2) is 22.8 Å². The summed E-state index contributed by atoms with van der Waals surface area (Å²) in [4.78, 5) is 22.6. The second kappa shape index (κ2) is 7.12. The molecule has 1 unspecified atom stereocenters. The number of carbonyl (C=O) groups excluding carboxylic acids is 1. The Labute approximate surface area is 164 Å². The first kappa shape index (κ1) is 18.2. The molecule has 1 atom stereocenters. The molecule has 3 aromatic rings. The number of carbonyl (C=O) groups is 1. The first-order valence-electron chi connectivity index (χ1n) is 9.83. The maximum Gasteiger partial charge on any atom is 0.256 e. The SMILES string of the molecule is CCN(CC)C(=O)c1c(C)nc2sc3c(c2c1-c1ccco1)CCC(C)C3. The molecule has 0 saturated carbocycles. The standard InChI is InChI=1S/C22H26N2O2S/c1-5-24(6-2)22(25)18-14(4)23-21-19(20(18)16-8-7-11-26-16)15-10-9-13(3)12-17(15)27-21/h7-8,11,13H,5-6,9-10,12H2,1-4H3. The van der Waals surface area contributed by atoms with Gasteiger partial charge in [0.05, 0.1) is 17.5 Å². The number of rotatable bonds is 4. The monoisotopic (exact) mass is 382 g/mol. The molecule has 0 fully saturated rings. The molecule has 3 heterocycles. The van der Waals surface area contributed by atoms with Gasteiger partial charge in [0.2, 0.25) is 0 Å². The van der Waals surface area contributed by atoms with Gasteiger partial charge in [-0.3, -0.25) is 4.79 Å². The summed E-state index contributed by atoms with van der Waals surface area (Å²) >= 11 is 1.79. The zero-order valence-electron chi connectivity index (χ0n) is 16.5. The summed E-state index contributed by atoms with van der Waals surface area (Å²) in [7, 11) is 0. The summed E-state index contributed by atoms with van der Waals surface area (Å²) < 4.78 is 5.81. The van der Waals surface area contributed by atoms with E-state index in [1.807, 2.05) is 37.8 Å². The third-order valence-corrected chi connectivity index (χ3v) is 6.80. The predicted molar refractivity (Wildman–Crippen MR) is 110 cm³/mol. The van der Waals surface area contributed by atoms with Crippen molar-refractivity contribution in [1.82, 2.24) is 9.88 Å². The van der Waals surface area contributed by atoms with Crippen molar-refractivity contribution in [3.8, 4) is 11.3 Å². The van der Waals surface area contributed by atoms with E-state index in [1.165, 1.54) is 16.9 Å². The lowest BCUT2D eigenvalue weighted by molar-refractivity contribution is 0.0772. The van der Waals surface area contributed by atoms with Crippen LogP contribution in [0.25, 0.3) is 21.5 Å². The van der Waals surface area contributed by atoms with E-state index in [4.69, 9.17) is 9.40 Å². The highest BCUT2D eigenvalue weighted by molar-refractivity contribution is 7.19. The quantitative estimate of drug-likeness (QED) is 0.601. The number of aryl methyl sites for hydroxylation is 2. The first-order chi connectivity index (χ1) is 13.0. The molecule has 27 heavy (non-hydrogen) atoms. The second-order valence-corrected chi connectivity index (χ2v) is 8.52. The molecule has 0 radical (unpaired) electrons. The summed E-state index contributed by atoms with van der Waals surface area (Å²) in [5.74, 6) is 1.51. The molecule has 4 rings (SSSR count). The molecule has 0 saturated heterocycles. The fourth-order valence-corrected chi connectivity index (χ4v) is 5.62. The van der Waals surface area contributed by atoms with Gasteiger partial charge in [-0.1, -0.05) is 6.92 Å². The van der Waals surface area contributed by atoms with Gasteiger partial charge in [0, 0.05) is 28.9 Å². The molecule has 142 valence electrons. The Balaban J connectivity index is 2.04. The summed E-state index contributed by atoms with van der Waals surface area (Å²) in [6, 6.07) is 3.85. The lowest BCUT2D eigenvalue weighted by Crippen LogP contribution is -2.31. The molecular formula is C22H26N2O2S. The van der Waals surface area contributed by atoms with Gasteiger partial charge >= 0.3 is 0 Å². The normalized spacial score (nSPS) is 16.5. The number of amides is 1. The highest BCUT2D eigenvalue weighted by Gasteiger charge is 2.29. The van der Waals surface area contributed by atoms with Gasteiger partial charge in [0.25, 0.3) is 5.91 Å². The predicted octanol–water partition coefficient (Wildman–Crippen LogP) is 5.47. The van der Waals surface area contributed by atoms with Crippen molar-refractivity contribution in [1.29, 1.82) is 0 Å². The Hall–Kier alpha value is -2.14. The fourth-order valence-electron chi connectivity index (χ4n) is 4.18. The van der Waals surface area contributed by atoms with Crippen molar-refractivity contribution in [2.75, 3.05) is 13.1 Å². The number of furan rings is 1. The molecule has 0 spiro atoms. The minimum absolute atomic E-state index is 0.0439. The maximum atomic E-state index is 13.4. The third kappa shape index (κ3) is 2.98. The van der Waals surface area contributed by atoms with Crippen LogP contribution in [0.2, 0.25) is 0 Å². The van der Waals surface area contributed by atoms with Crippen LogP contribution in [0.1, 0.15) is 53.7 Å². The first-order valence-corrected chi connectivity index (χ1v) is 10.6. The highest BCUT2D eigenvalue weighted by Crippen LogP contribution is 2.44. The van der Waals surface area contributed by atoms with Gasteiger partial charge in [-0.2, -0.15) is 0 Å². The van der Waals surface area contributed by atoms with E-state index in [2.05, 4.69) is 6.92 Å². The van der Waals surface area contributed by atoms with Crippen molar-refractivity contribution in [3.63, 3.8) is 0 Å². The summed E-state index contributed by atoms with van der Waals surface area (Å²) in [6.07, 6.45) is 5.02. The minimum Gasteiger partial charge on any atom is -0.464 e. The molecule has 0 bridgehead atoms. The van der Waals surface area contributed by atoms with Crippen LogP contribution in [0.3, 0.4) is 0 Å². The van der Waals surface area contributed by atoms with Gasteiger partial charge < -0.3 is 9.32 Å². The number of thiophene rings is 1. The topological polar surface area (TPSA) is 46.3 Å². The fraction of sp³-hybridized carbons (Fsp3) is 0.455. The summed E-state index contributed by atoms with van der Waals surface area (Å²) in [6.45, 7) is 9.66. The Morgan fingerprint density at radius 2 is 2.15 bits per heavy atom. The van der Waals surface area contributed by atoms with Gasteiger partial charge in [-0.15, -0.1) is 11.3 Å². The molecular weight excluding hydrogens is 356 g/mol. The smallest absolute Gasteiger partial charge is 0.256 e. The number of aromatic nitrogens is 1. The average Bonchev–Trinajstić information content (AvgIpc) is 3.28. The van der Waals surface area contributed by atoms with Crippen molar-refractivity contribution < 1.29 is 9.21 Å². The maximum absolute atomic E-state index is 13.4. The zero-order valence-corrected chi connectivity index (χ0v) is 17.3. The van der Waals surface area contributed by atoms with Crippen molar-refractivity contribution in [3.05, 3.63) is 40.1 Å². The Kier molecular flexibility index (Phi) is 4.81. The van der Waals surface area contributed by atoms with E-state index in [9.17, 15) is 4.79 Å². The lowest BCUT2D eigenvalue weighted by Gasteiger charge is -2.22. The largest absolute Gasteiger partial charge is 0.464 e. The highest BCUT2D eigenvalue weighted by atomic mass is 32.1. The minimum atomic E-state index is 0.0439. The van der Waals surface area contributed by atoms with E-state index in [0.29, 0.717) is 24.6 Å². The van der Waals surface area contributed by atoms with E-state index in [-0.39, 0.29) is 5.91 Å². The molecule has 0 aliphatic heterocycles. The van der Waals surface area contributed by atoms with E-state index in [0.717, 1.165) is 40.1 Å². The molecule has 0 N–H and O–H groups in total. The van der Waals surface area contributed by atoms with E-state index >= 15 is 0 Å². The molecule has 1 aliphatic carbocycles. The lowest BCUT2D eigenvalue weighted by atomic mass is 9.87. The van der Waals surface area contributed by atoms with Gasteiger partial charge in [0.1, 0.15) is 10.6 Å². The van der Waals surface area contributed by atoms with E-state index in [1.54, 1.807) is 17.6 Å². The molecule has 4 nitrogen and oxygen atoms in total. The average molecular weight is 383 g/mol. The van der Waals surface area contributed by atoms with Crippen molar-refractivity contribution in [2.24, 2.45) is 5.92 Å². The molecule has 3 aromatic heterocycles. The summed E-state index contributed by atoms with van der Waals surface area (Å²) in [5.41, 5.74) is 3.80. The molecule has 1 aliphatic rings. The van der Waals surface area contributed by atoms with Crippen LogP contribution < -0.4 is 0 Å².